The highest BCUT2D eigenvalue weighted by Crippen LogP contribution is 2.29. The zero-order valence-corrected chi connectivity index (χ0v) is 19.7. The number of nitrogens with one attached hydrogen (secondary N) is 2. The number of methoxy groups -OCH3 is 1. The molecule has 2 N–H and O–H groups in total. The van der Waals surface area contributed by atoms with Crippen molar-refractivity contribution in [2.24, 2.45) is 0 Å². The lowest BCUT2D eigenvalue weighted by Gasteiger charge is -2.25. The molecule has 2 rings (SSSR count). The Bertz CT molecular complexity index is 1040. The highest BCUT2D eigenvalue weighted by Gasteiger charge is 2.24. The van der Waals surface area contributed by atoms with Gasteiger partial charge in [-0.3, -0.25) is 13.9 Å². The summed E-state index contributed by atoms with van der Waals surface area (Å²) >= 11 is 0. The van der Waals surface area contributed by atoms with E-state index in [1.165, 1.54) is 0 Å². The summed E-state index contributed by atoms with van der Waals surface area (Å²) in [6, 6.07) is 13.7. The first-order valence-corrected chi connectivity index (χ1v) is 12.2. The van der Waals surface area contributed by atoms with E-state index >= 15 is 0 Å². The van der Waals surface area contributed by atoms with Crippen LogP contribution in [0.1, 0.15) is 42.1 Å². The molecule has 2 amide bonds. The van der Waals surface area contributed by atoms with Gasteiger partial charge in [-0.05, 0) is 36.1 Å². The SMILES string of the molecule is COCCCNC(=O)c1ccccc1NC(=O)CN(c1ccccc1C(C)C)S(C)(=O)=O. The van der Waals surface area contributed by atoms with E-state index in [1.54, 1.807) is 43.5 Å². The Labute approximate surface area is 190 Å². The van der Waals surface area contributed by atoms with E-state index in [2.05, 4.69) is 10.6 Å². The highest BCUT2D eigenvalue weighted by molar-refractivity contribution is 7.92. The maximum absolute atomic E-state index is 12.8. The number of amides is 2. The van der Waals surface area contributed by atoms with Crippen molar-refractivity contribution in [3.05, 3.63) is 59.7 Å². The van der Waals surface area contributed by atoms with Crippen LogP contribution in [0.15, 0.2) is 48.5 Å². The van der Waals surface area contributed by atoms with Gasteiger partial charge in [0.25, 0.3) is 5.91 Å². The van der Waals surface area contributed by atoms with Crippen molar-refractivity contribution in [2.75, 3.05) is 42.7 Å². The molecule has 0 heterocycles. The normalized spacial score (nSPS) is 11.3. The van der Waals surface area contributed by atoms with Crippen molar-refractivity contribution in [1.29, 1.82) is 0 Å². The van der Waals surface area contributed by atoms with E-state index in [-0.39, 0.29) is 11.8 Å². The Morgan fingerprint density at radius 1 is 1.06 bits per heavy atom. The maximum atomic E-state index is 12.8. The van der Waals surface area contributed by atoms with Crippen LogP contribution < -0.4 is 14.9 Å². The standard InChI is InChI=1S/C23H31N3O5S/c1-17(2)18-10-6-8-13-21(18)26(32(4,29)30)16-22(27)25-20-12-7-5-11-19(20)23(28)24-14-9-15-31-3/h5-8,10-13,17H,9,14-16H2,1-4H3,(H,24,28)(H,25,27). The number of hydrogen-bond acceptors (Lipinski definition) is 5. The Morgan fingerprint density at radius 3 is 2.38 bits per heavy atom. The third-order valence-corrected chi connectivity index (χ3v) is 5.90. The lowest BCUT2D eigenvalue weighted by molar-refractivity contribution is -0.114. The number of carbonyl (C=O) groups is 2. The second kappa shape index (κ2) is 11.6. The molecule has 32 heavy (non-hydrogen) atoms. The number of para-hydroxylation sites is 2. The van der Waals surface area contributed by atoms with Gasteiger partial charge in [-0.25, -0.2) is 8.42 Å². The first-order valence-electron chi connectivity index (χ1n) is 10.4. The largest absolute Gasteiger partial charge is 0.385 e. The summed E-state index contributed by atoms with van der Waals surface area (Å²) in [7, 11) is -2.13. The van der Waals surface area contributed by atoms with Gasteiger partial charge in [0.15, 0.2) is 0 Å². The molecule has 0 bridgehead atoms. The van der Waals surface area contributed by atoms with Crippen LogP contribution in [0.2, 0.25) is 0 Å². The predicted molar refractivity (Wildman–Crippen MR) is 127 cm³/mol. The van der Waals surface area contributed by atoms with Crippen LogP contribution in [0.4, 0.5) is 11.4 Å². The van der Waals surface area contributed by atoms with Crippen LogP contribution in [0.5, 0.6) is 0 Å². The van der Waals surface area contributed by atoms with Crippen LogP contribution in [-0.2, 0) is 19.6 Å². The second-order valence-electron chi connectivity index (χ2n) is 7.68. The molecular formula is C23H31N3O5S. The number of hydrogen-bond donors (Lipinski definition) is 2. The molecule has 2 aromatic rings. The Hall–Kier alpha value is -2.91. The average molecular weight is 462 g/mol. The maximum Gasteiger partial charge on any atom is 0.253 e. The van der Waals surface area contributed by atoms with Crippen molar-refractivity contribution in [3.63, 3.8) is 0 Å². The molecule has 0 saturated carbocycles. The molecule has 9 heteroatoms. The third kappa shape index (κ3) is 7.06. The average Bonchev–Trinajstić information content (AvgIpc) is 2.74. The number of anilines is 2. The molecule has 0 radical (unpaired) electrons. The molecule has 0 aliphatic heterocycles. The van der Waals surface area contributed by atoms with Crippen LogP contribution in [0.25, 0.3) is 0 Å². The zero-order chi connectivity index (χ0) is 23.7. The molecule has 0 unspecified atom stereocenters. The summed E-state index contributed by atoms with van der Waals surface area (Å²) in [4.78, 5) is 25.4. The fraction of sp³-hybridized carbons (Fsp3) is 0.391. The van der Waals surface area contributed by atoms with Crippen LogP contribution >= 0.6 is 0 Å². The van der Waals surface area contributed by atoms with Crippen LogP contribution in [-0.4, -0.2) is 53.3 Å². The Balaban J connectivity index is 2.21. The van der Waals surface area contributed by atoms with E-state index in [9.17, 15) is 18.0 Å². The summed E-state index contributed by atoms with van der Waals surface area (Å²) in [5.74, 6) is -0.809. The van der Waals surface area contributed by atoms with E-state index < -0.39 is 22.5 Å². The van der Waals surface area contributed by atoms with E-state index in [0.29, 0.717) is 36.5 Å². The van der Waals surface area contributed by atoms with Crippen molar-refractivity contribution in [1.82, 2.24) is 5.32 Å². The third-order valence-electron chi connectivity index (χ3n) is 4.77. The molecular weight excluding hydrogens is 430 g/mol. The zero-order valence-electron chi connectivity index (χ0n) is 18.9. The van der Waals surface area contributed by atoms with E-state index in [4.69, 9.17) is 4.74 Å². The van der Waals surface area contributed by atoms with Crippen molar-refractivity contribution < 1.29 is 22.7 Å². The number of nitrogens with zero attached hydrogens (tertiary/aromatic N) is 1. The fourth-order valence-electron chi connectivity index (χ4n) is 3.21. The van der Waals surface area contributed by atoms with Crippen molar-refractivity contribution in [3.8, 4) is 0 Å². The summed E-state index contributed by atoms with van der Waals surface area (Å²) in [6.07, 6.45) is 1.73. The molecule has 0 aliphatic rings. The summed E-state index contributed by atoms with van der Waals surface area (Å²) in [5.41, 5.74) is 1.89. The molecule has 0 aliphatic carbocycles. The lowest BCUT2D eigenvalue weighted by Crippen LogP contribution is -2.38. The minimum atomic E-state index is -3.72. The number of ether oxygens (including phenoxy) is 1. The van der Waals surface area contributed by atoms with Gasteiger partial charge in [0.05, 0.1) is 23.2 Å². The minimum Gasteiger partial charge on any atom is -0.385 e. The molecule has 0 spiro atoms. The summed E-state index contributed by atoms with van der Waals surface area (Å²) < 4.78 is 31.1. The summed E-state index contributed by atoms with van der Waals surface area (Å²) in [6.45, 7) is 4.47. The van der Waals surface area contributed by atoms with Gasteiger partial charge in [0.1, 0.15) is 6.54 Å². The fourth-order valence-corrected chi connectivity index (χ4v) is 4.08. The van der Waals surface area contributed by atoms with Gasteiger partial charge in [-0.2, -0.15) is 0 Å². The number of sulfonamides is 1. The molecule has 0 aromatic heterocycles. The Kier molecular flexibility index (Phi) is 9.22. The second-order valence-corrected chi connectivity index (χ2v) is 9.59. The quantitative estimate of drug-likeness (QED) is 0.501. The van der Waals surface area contributed by atoms with Gasteiger partial charge in [-0.15, -0.1) is 0 Å². The first kappa shape index (κ1) is 25.4. The molecule has 8 nitrogen and oxygen atoms in total. The number of rotatable bonds is 11. The highest BCUT2D eigenvalue weighted by atomic mass is 32.2. The molecule has 0 atom stereocenters. The van der Waals surface area contributed by atoms with Gasteiger partial charge in [0, 0.05) is 20.3 Å². The minimum absolute atomic E-state index is 0.0704. The molecule has 0 fully saturated rings. The number of carbonyl (C=O) groups excluding carboxylic acids is 2. The van der Waals surface area contributed by atoms with Crippen LogP contribution in [0.3, 0.4) is 0 Å². The molecule has 0 saturated heterocycles. The Morgan fingerprint density at radius 2 is 1.72 bits per heavy atom. The first-order chi connectivity index (χ1) is 15.1. The van der Waals surface area contributed by atoms with Gasteiger partial charge >= 0.3 is 0 Å². The summed E-state index contributed by atoms with van der Waals surface area (Å²) in [5, 5.41) is 5.47. The van der Waals surface area contributed by atoms with Gasteiger partial charge in [0.2, 0.25) is 15.9 Å². The van der Waals surface area contributed by atoms with Gasteiger partial charge < -0.3 is 15.4 Å². The predicted octanol–water partition coefficient (Wildman–Crippen LogP) is 2.98. The monoisotopic (exact) mass is 461 g/mol. The van der Waals surface area contributed by atoms with Crippen molar-refractivity contribution >= 4 is 33.2 Å². The smallest absolute Gasteiger partial charge is 0.253 e. The van der Waals surface area contributed by atoms with E-state index in [1.807, 2.05) is 26.0 Å². The lowest BCUT2D eigenvalue weighted by atomic mass is 10.0. The van der Waals surface area contributed by atoms with Gasteiger partial charge in [-0.1, -0.05) is 44.2 Å². The molecule has 174 valence electrons. The van der Waals surface area contributed by atoms with E-state index in [0.717, 1.165) is 16.1 Å². The number of benzene rings is 2. The molecule has 2 aromatic carbocycles. The van der Waals surface area contributed by atoms with Crippen molar-refractivity contribution in [2.45, 2.75) is 26.2 Å². The topological polar surface area (TPSA) is 105 Å². The van der Waals surface area contributed by atoms with Crippen LogP contribution in [0, 0.1) is 0 Å².